The Bertz CT molecular complexity index is 625. The van der Waals surface area contributed by atoms with Gasteiger partial charge in [-0.15, -0.1) is 0 Å². The lowest BCUT2D eigenvalue weighted by molar-refractivity contribution is 0.0939. The zero-order valence-corrected chi connectivity index (χ0v) is 13.1. The van der Waals surface area contributed by atoms with Gasteiger partial charge in [0, 0.05) is 5.56 Å². The van der Waals surface area contributed by atoms with E-state index in [0.717, 1.165) is 5.56 Å². The molecule has 2 rings (SSSR count). The molecule has 0 bridgehead atoms. The van der Waals surface area contributed by atoms with Gasteiger partial charge in [-0.25, -0.2) is 0 Å². The highest BCUT2D eigenvalue weighted by atomic mass is 16.5. The van der Waals surface area contributed by atoms with Crippen molar-refractivity contribution in [1.82, 2.24) is 5.32 Å². The molecule has 0 saturated carbocycles. The van der Waals surface area contributed by atoms with E-state index in [1.165, 1.54) is 0 Å². The average Bonchev–Trinajstić information content (AvgIpc) is 2.56. The van der Waals surface area contributed by atoms with Gasteiger partial charge in [0.25, 0.3) is 5.91 Å². The number of amides is 1. The molecule has 4 heteroatoms. The fourth-order valence-electron chi connectivity index (χ4n) is 2.19. The Labute approximate surface area is 131 Å². The van der Waals surface area contributed by atoms with E-state index in [1.54, 1.807) is 25.3 Å². The van der Waals surface area contributed by atoms with Crippen molar-refractivity contribution in [3.05, 3.63) is 59.7 Å². The molecule has 0 aliphatic rings. The number of hydrogen-bond acceptors (Lipinski definition) is 3. The molecule has 0 spiro atoms. The molecule has 0 saturated heterocycles. The fraction of sp³-hybridized carbons (Fsp3) is 0.278. The third-order valence-electron chi connectivity index (χ3n) is 3.37. The van der Waals surface area contributed by atoms with Gasteiger partial charge < -0.3 is 14.8 Å². The molecule has 0 unspecified atom stereocenters. The van der Waals surface area contributed by atoms with Gasteiger partial charge >= 0.3 is 0 Å². The number of benzene rings is 2. The van der Waals surface area contributed by atoms with E-state index in [2.05, 4.69) is 5.32 Å². The summed E-state index contributed by atoms with van der Waals surface area (Å²) < 4.78 is 10.7. The highest BCUT2D eigenvalue weighted by Gasteiger charge is 2.14. The van der Waals surface area contributed by atoms with Crippen LogP contribution in [0.5, 0.6) is 11.5 Å². The molecule has 4 nitrogen and oxygen atoms in total. The molecular weight excluding hydrogens is 278 g/mol. The quantitative estimate of drug-likeness (QED) is 0.887. The summed E-state index contributed by atoms with van der Waals surface area (Å²) >= 11 is 0. The summed E-state index contributed by atoms with van der Waals surface area (Å²) in [4.78, 5) is 12.4. The van der Waals surface area contributed by atoms with Gasteiger partial charge in [0.1, 0.15) is 0 Å². The van der Waals surface area contributed by atoms with Crippen molar-refractivity contribution in [2.45, 2.75) is 19.9 Å². The molecule has 0 aliphatic heterocycles. The largest absolute Gasteiger partial charge is 0.493 e. The van der Waals surface area contributed by atoms with Crippen molar-refractivity contribution < 1.29 is 14.3 Å². The first-order chi connectivity index (χ1) is 10.7. The van der Waals surface area contributed by atoms with Gasteiger partial charge in [-0.2, -0.15) is 0 Å². The molecule has 0 aromatic heterocycles. The Balaban J connectivity index is 2.12. The second kappa shape index (κ2) is 7.50. The van der Waals surface area contributed by atoms with Crippen LogP contribution in [0.1, 0.15) is 35.8 Å². The second-order valence-electron chi connectivity index (χ2n) is 4.90. The number of nitrogens with one attached hydrogen (secondary N) is 1. The van der Waals surface area contributed by atoms with Crippen LogP contribution in [0.15, 0.2) is 48.5 Å². The summed E-state index contributed by atoms with van der Waals surface area (Å²) in [5.74, 6) is 1.05. The molecule has 1 amide bonds. The first-order valence-corrected chi connectivity index (χ1v) is 7.32. The average molecular weight is 299 g/mol. The highest BCUT2D eigenvalue weighted by molar-refractivity contribution is 5.95. The van der Waals surface area contributed by atoms with Gasteiger partial charge in [-0.3, -0.25) is 4.79 Å². The normalized spacial score (nSPS) is 11.6. The molecule has 2 aromatic rings. The van der Waals surface area contributed by atoms with E-state index in [-0.39, 0.29) is 11.9 Å². The summed E-state index contributed by atoms with van der Waals surface area (Å²) in [5.41, 5.74) is 1.61. The molecule has 22 heavy (non-hydrogen) atoms. The molecule has 116 valence electrons. The van der Waals surface area contributed by atoms with Gasteiger partial charge in [0.2, 0.25) is 0 Å². The summed E-state index contributed by atoms with van der Waals surface area (Å²) in [6.07, 6.45) is 0. The van der Waals surface area contributed by atoms with Crippen molar-refractivity contribution in [3.63, 3.8) is 0 Å². The third-order valence-corrected chi connectivity index (χ3v) is 3.37. The number of carbonyl (C=O) groups is 1. The highest BCUT2D eigenvalue weighted by Crippen LogP contribution is 2.28. The first kappa shape index (κ1) is 15.9. The van der Waals surface area contributed by atoms with Crippen LogP contribution in [0.25, 0.3) is 0 Å². The number of carbonyl (C=O) groups excluding carboxylic acids is 1. The van der Waals surface area contributed by atoms with E-state index >= 15 is 0 Å². The summed E-state index contributed by atoms with van der Waals surface area (Å²) in [7, 11) is 1.56. The van der Waals surface area contributed by atoms with Crippen molar-refractivity contribution in [1.29, 1.82) is 0 Å². The van der Waals surface area contributed by atoms with Crippen LogP contribution in [0.2, 0.25) is 0 Å². The van der Waals surface area contributed by atoms with Gasteiger partial charge in [-0.05, 0) is 37.6 Å². The van der Waals surface area contributed by atoms with Crippen molar-refractivity contribution in [3.8, 4) is 11.5 Å². The lowest BCUT2D eigenvalue weighted by Crippen LogP contribution is -2.26. The number of methoxy groups -OCH3 is 1. The van der Waals surface area contributed by atoms with Gasteiger partial charge in [0.15, 0.2) is 11.5 Å². The second-order valence-corrected chi connectivity index (χ2v) is 4.90. The van der Waals surface area contributed by atoms with E-state index in [4.69, 9.17) is 9.47 Å². The van der Waals surface area contributed by atoms with Crippen molar-refractivity contribution >= 4 is 5.91 Å². The van der Waals surface area contributed by atoms with Crippen LogP contribution < -0.4 is 14.8 Å². The molecule has 0 fully saturated rings. The topological polar surface area (TPSA) is 47.6 Å². The SMILES string of the molecule is CCOc1ccc(C(=O)N[C@H](C)c2ccccc2)cc1OC. The molecule has 0 heterocycles. The minimum Gasteiger partial charge on any atom is -0.493 e. The van der Waals surface area contributed by atoms with Crippen LogP contribution in [-0.2, 0) is 0 Å². The smallest absolute Gasteiger partial charge is 0.251 e. The monoisotopic (exact) mass is 299 g/mol. The lowest BCUT2D eigenvalue weighted by atomic mass is 10.1. The fourth-order valence-corrected chi connectivity index (χ4v) is 2.19. The maximum absolute atomic E-state index is 12.4. The Morgan fingerprint density at radius 3 is 2.50 bits per heavy atom. The maximum Gasteiger partial charge on any atom is 0.251 e. The van der Waals surface area contributed by atoms with Crippen molar-refractivity contribution in [2.24, 2.45) is 0 Å². The predicted octanol–water partition coefficient (Wildman–Crippen LogP) is 3.58. The minimum atomic E-state index is -0.141. The van der Waals surface area contributed by atoms with Crippen LogP contribution >= 0.6 is 0 Å². The predicted molar refractivity (Wildman–Crippen MR) is 86.5 cm³/mol. The summed E-state index contributed by atoms with van der Waals surface area (Å²) in [6, 6.07) is 15.0. The first-order valence-electron chi connectivity index (χ1n) is 7.32. The standard InChI is InChI=1S/C18H21NO3/c1-4-22-16-11-10-15(12-17(16)21-3)18(20)19-13(2)14-8-6-5-7-9-14/h5-13H,4H2,1-3H3,(H,19,20)/t13-/m1/s1. The Morgan fingerprint density at radius 1 is 1.14 bits per heavy atom. The zero-order chi connectivity index (χ0) is 15.9. The molecule has 0 aliphatic carbocycles. The molecule has 0 radical (unpaired) electrons. The molecule has 2 aromatic carbocycles. The number of rotatable bonds is 6. The van der Waals surface area contributed by atoms with Crippen molar-refractivity contribution in [2.75, 3.05) is 13.7 Å². The van der Waals surface area contributed by atoms with E-state index in [0.29, 0.717) is 23.7 Å². The minimum absolute atomic E-state index is 0.0636. The summed E-state index contributed by atoms with van der Waals surface area (Å²) in [5, 5.41) is 2.98. The van der Waals surface area contributed by atoms with Crippen LogP contribution in [0.4, 0.5) is 0 Å². The Morgan fingerprint density at radius 2 is 1.86 bits per heavy atom. The maximum atomic E-state index is 12.4. The number of ether oxygens (including phenoxy) is 2. The van der Waals surface area contributed by atoms with Crippen LogP contribution in [0, 0.1) is 0 Å². The van der Waals surface area contributed by atoms with E-state index < -0.39 is 0 Å². The van der Waals surface area contributed by atoms with Gasteiger partial charge in [0.05, 0.1) is 19.8 Å². The van der Waals surface area contributed by atoms with E-state index in [9.17, 15) is 4.79 Å². The zero-order valence-electron chi connectivity index (χ0n) is 13.1. The van der Waals surface area contributed by atoms with E-state index in [1.807, 2.05) is 44.2 Å². The van der Waals surface area contributed by atoms with Crippen LogP contribution in [0.3, 0.4) is 0 Å². The Kier molecular flexibility index (Phi) is 5.42. The molecule has 1 N–H and O–H groups in total. The summed E-state index contributed by atoms with van der Waals surface area (Å²) in [6.45, 7) is 4.41. The van der Waals surface area contributed by atoms with Crippen LogP contribution in [-0.4, -0.2) is 19.6 Å². The number of hydrogen-bond donors (Lipinski definition) is 1. The molecule has 1 atom stereocenters. The van der Waals surface area contributed by atoms with Gasteiger partial charge in [-0.1, -0.05) is 30.3 Å². The lowest BCUT2D eigenvalue weighted by Gasteiger charge is -2.15. The molecular formula is C18H21NO3. The third kappa shape index (κ3) is 3.79. The Hall–Kier alpha value is -2.49.